The van der Waals surface area contributed by atoms with Crippen LogP contribution in [0.2, 0.25) is 0 Å². The molecule has 0 aliphatic heterocycles. The van der Waals surface area contributed by atoms with Gasteiger partial charge in [0.15, 0.2) is 0 Å². The summed E-state index contributed by atoms with van der Waals surface area (Å²) in [4.78, 5) is 11.6. The second kappa shape index (κ2) is 7.95. The van der Waals surface area contributed by atoms with E-state index in [9.17, 15) is 13.2 Å². The van der Waals surface area contributed by atoms with Crippen LogP contribution in [-0.4, -0.2) is 45.8 Å². The number of amides is 1. The minimum Gasteiger partial charge on any atom is -0.354 e. The molecule has 0 bridgehead atoms. The highest BCUT2D eigenvalue weighted by atomic mass is 32.2. The molecule has 1 atom stereocenters. The zero-order valence-electron chi connectivity index (χ0n) is 12.6. The minimum atomic E-state index is -3.53. The molecule has 1 amide bonds. The molecule has 7 heteroatoms. The summed E-state index contributed by atoms with van der Waals surface area (Å²) in [5.41, 5.74) is 0. The molecule has 1 rings (SSSR count). The Bertz CT molecular complexity index is 403. The Kier molecular flexibility index (Phi) is 6.91. The lowest BCUT2D eigenvalue weighted by molar-refractivity contribution is -0.118. The normalized spacial score (nSPS) is 25.1. The summed E-state index contributed by atoms with van der Waals surface area (Å²) in [6.07, 6.45) is 3.80. The average Bonchev–Trinajstić information content (AvgIpc) is 2.37. The van der Waals surface area contributed by atoms with E-state index >= 15 is 0 Å². The highest BCUT2D eigenvalue weighted by molar-refractivity contribution is 7.90. The van der Waals surface area contributed by atoms with E-state index in [4.69, 9.17) is 0 Å². The molecule has 0 aromatic rings. The van der Waals surface area contributed by atoms with E-state index in [0.717, 1.165) is 25.7 Å². The number of sulfonamides is 1. The van der Waals surface area contributed by atoms with Crippen molar-refractivity contribution in [3.63, 3.8) is 0 Å². The van der Waals surface area contributed by atoms with Gasteiger partial charge in [-0.2, -0.15) is 0 Å². The van der Waals surface area contributed by atoms with Crippen LogP contribution in [-0.2, 0) is 14.8 Å². The van der Waals surface area contributed by atoms with Gasteiger partial charge in [0.2, 0.25) is 15.9 Å². The van der Waals surface area contributed by atoms with Crippen LogP contribution in [0.3, 0.4) is 0 Å². The third-order valence-corrected chi connectivity index (χ3v) is 5.12. The molecule has 6 nitrogen and oxygen atoms in total. The van der Waals surface area contributed by atoms with E-state index in [1.807, 2.05) is 6.92 Å². The predicted molar refractivity (Wildman–Crippen MR) is 79.9 cm³/mol. The Hall–Kier alpha value is -0.660. The number of carbonyl (C=O) groups excluding carboxylic acids is 1. The maximum atomic E-state index is 11.9. The molecule has 1 aliphatic rings. The zero-order chi connectivity index (χ0) is 15.2. The Morgan fingerprint density at radius 3 is 2.40 bits per heavy atom. The fourth-order valence-electron chi connectivity index (χ4n) is 2.27. The van der Waals surface area contributed by atoms with E-state index in [1.165, 1.54) is 0 Å². The molecule has 1 unspecified atom stereocenters. The van der Waals surface area contributed by atoms with Crippen molar-refractivity contribution in [2.45, 2.75) is 51.6 Å². The molecule has 1 saturated carbocycles. The SMILES string of the molecule is CNC(C)CNC(=O)CS(=O)(=O)NC1CCC(C)CC1. The lowest BCUT2D eigenvalue weighted by Crippen LogP contribution is -2.44. The van der Waals surface area contributed by atoms with Crippen molar-refractivity contribution < 1.29 is 13.2 Å². The first-order valence-corrected chi connectivity index (χ1v) is 8.91. The summed E-state index contributed by atoms with van der Waals surface area (Å²) in [5.74, 6) is -0.277. The second-order valence-electron chi connectivity index (χ2n) is 5.83. The Labute approximate surface area is 122 Å². The number of rotatable bonds is 7. The molecule has 0 radical (unpaired) electrons. The van der Waals surface area contributed by atoms with E-state index in [2.05, 4.69) is 22.3 Å². The highest BCUT2D eigenvalue weighted by Crippen LogP contribution is 2.23. The average molecular weight is 305 g/mol. The van der Waals surface area contributed by atoms with Crippen LogP contribution >= 0.6 is 0 Å². The number of hydrogen-bond acceptors (Lipinski definition) is 4. The first kappa shape index (κ1) is 17.4. The Morgan fingerprint density at radius 2 is 1.85 bits per heavy atom. The van der Waals surface area contributed by atoms with Gasteiger partial charge in [0, 0.05) is 18.6 Å². The molecule has 0 aromatic heterocycles. The Balaban J connectivity index is 2.35. The molecular weight excluding hydrogens is 278 g/mol. The molecule has 0 spiro atoms. The van der Waals surface area contributed by atoms with E-state index < -0.39 is 21.7 Å². The van der Waals surface area contributed by atoms with Crippen molar-refractivity contribution in [3.8, 4) is 0 Å². The van der Waals surface area contributed by atoms with E-state index in [-0.39, 0.29) is 12.1 Å². The lowest BCUT2D eigenvalue weighted by atomic mass is 9.88. The molecule has 20 heavy (non-hydrogen) atoms. The first-order chi connectivity index (χ1) is 9.32. The van der Waals surface area contributed by atoms with Crippen LogP contribution in [0.25, 0.3) is 0 Å². The standard InChI is InChI=1S/C13H27N3O3S/c1-10-4-6-12(7-5-10)16-20(18,19)9-13(17)15-8-11(2)14-3/h10-12,14,16H,4-9H2,1-3H3,(H,15,17). The van der Waals surface area contributed by atoms with Crippen LogP contribution in [0.1, 0.15) is 39.5 Å². The lowest BCUT2D eigenvalue weighted by Gasteiger charge is -2.26. The van der Waals surface area contributed by atoms with Gasteiger partial charge in [-0.3, -0.25) is 4.79 Å². The third kappa shape index (κ3) is 6.67. The zero-order valence-corrected chi connectivity index (χ0v) is 13.4. The maximum Gasteiger partial charge on any atom is 0.236 e. The van der Waals surface area contributed by atoms with Crippen LogP contribution in [0.5, 0.6) is 0 Å². The van der Waals surface area contributed by atoms with Crippen LogP contribution in [0.4, 0.5) is 0 Å². The monoisotopic (exact) mass is 305 g/mol. The third-order valence-electron chi connectivity index (χ3n) is 3.78. The van der Waals surface area contributed by atoms with Crippen molar-refractivity contribution >= 4 is 15.9 Å². The van der Waals surface area contributed by atoms with Crippen LogP contribution < -0.4 is 15.4 Å². The summed E-state index contributed by atoms with van der Waals surface area (Å²) >= 11 is 0. The smallest absolute Gasteiger partial charge is 0.236 e. The molecule has 0 saturated heterocycles. The number of nitrogens with one attached hydrogen (secondary N) is 3. The molecule has 1 fully saturated rings. The van der Waals surface area contributed by atoms with Gasteiger partial charge in [-0.15, -0.1) is 0 Å². The van der Waals surface area contributed by atoms with Gasteiger partial charge >= 0.3 is 0 Å². The van der Waals surface area contributed by atoms with E-state index in [1.54, 1.807) is 7.05 Å². The summed E-state index contributed by atoms with van der Waals surface area (Å²) in [6.45, 7) is 4.52. The van der Waals surface area contributed by atoms with Gasteiger partial charge in [0.25, 0.3) is 0 Å². The van der Waals surface area contributed by atoms with Crippen molar-refractivity contribution in [1.29, 1.82) is 0 Å². The van der Waals surface area contributed by atoms with E-state index in [0.29, 0.717) is 12.5 Å². The fraction of sp³-hybridized carbons (Fsp3) is 0.923. The molecule has 3 N–H and O–H groups in total. The minimum absolute atomic E-state index is 0.0137. The largest absolute Gasteiger partial charge is 0.354 e. The quantitative estimate of drug-likeness (QED) is 0.627. The molecule has 118 valence electrons. The number of likely N-dealkylation sites (N-methyl/N-ethyl adjacent to an activating group) is 1. The maximum absolute atomic E-state index is 11.9. The van der Waals surface area contributed by atoms with Crippen LogP contribution in [0, 0.1) is 5.92 Å². The summed E-state index contributed by atoms with van der Waals surface area (Å²) in [7, 11) is -1.74. The van der Waals surface area contributed by atoms with Gasteiger partial charge < -0.3 is 10.6 Å². The molecular formula is C13H27N3O3S. The van der Waals surface area contributed by atoms with Crippen molar-refractivity contribution in [1.82, 2.24) is 15.4 Å². The first-order valence-electron chi connectivity index (χ1n) is 7.26. The predicted octanol–water partition coefficient (Wildman–Crippen LogP) is 0.209. The number of hydrogen-bond donors (Lipinski definition) is 3. The molecule has 1 aliphatic carbocycles. The van der Waals surface area contributed by atoms with Gasteiger partial charge in [-0.1, -0.05) is 6.92 Å². The van der Waals surface area contributed by atoms with Crippen molar-refractivity contribution in [2.24, 2.45) is 5.92 Å². The topological polar surface area (TPSA) is 87.3 Å². The fourth-order valence-corrected chi connectivity index (χ4v) is 3.54. The molecule has 0 heterocycles. The summed E-state index contributed by atoms with van der Waals surface area (Å²) in [6, 6.07) is 0.106. The molecule has 0 aromatic carbocycles. The Morgan fingerprint density at radius 1 is 1.25 bits per heavy atom. The van der Waals surface area contributed by atoms with Gasteiger partial charge in [-0.25, -0.2) is 13.1 Å². The highest BCUT2D eigenvalue weighted by Gasteiger charge is 2.24. The van der Waals surface area contributed by atoms with Gasteiger partial charge in [0.05, 0.1) is 0 Å². The van der Waals surface area contributed by atoms with Crippen molar-refractivity contribution in [3.05, 3.63) is 0 Å². The second-order valence-corrected chi connectivity index (χ2v) is 7.58. The number of carbonyl (C=O) groups is 1. The van der Waals surface area contributed by atoms with Crippen molar-refractivity contribution in [2.75, 3.05) is 19.3 Å². The van der Waals surface area contributed by atoms with Crippen LogP contribution in [0.15, 0.2) is 0 Å². The van der Waals surface area contributed by atoms with Gasteiger partial charge in [-0.05, 0) is 45.6 Å². The van der Waals surface area contributed by atoms with Gasteiger partial charge in [0.1, 0.15) is 5.75 Å². The summed E-state index contributed by atoms with van der Waals surface area (Å²) < 4.78 is 26.5. The summed E-state index contributed by atoms with van der Waals surface area (Å²) in [5, 5.41) is 5.59.